The molecule has 0 bridgehead atoms. The third-order valence-electron chi connectivity index (χ3n) is 3.99. The Morgan fingerprint density at radius 1 is 1.29 bits per heavy atom. The number of nitrogens with zero attached hydrogens (tertiary/aromatic N) is 2. The molecule has 21 heavy (non-hydrogen) atoms. The predicted molar refractivity (Wildman–Crippen MR) is 86.2 cm³/mol. The molecule has 0 amide bonds. The number of hydrogen-bond acceptors (Lipinski definition) is 4. The van der Waals surface area contributed by atoms with E-state index in [2.05, 4.69) is 10.2 Å². The summed E-state index contributed by atoms with van der Waals surface area (Å²) in [4.78, 5) is 2.69. The van der Waals surface area contributed by atoms with E-state index in [4.69, 9.17) is 0 Å². The molecule has 5 nitrogen and oxygen atoms in total. The second kappa shape index (κ2) is 6.77. The van der Waals surface area contributed by atoms with E-state index in [9.17, 15) is 8.42 Å². The molecular formula is C15H25N3O2S. The van der Waals surface area contributed by atoms with Gasteiger partial charge in [0.15, 0.2) is 0 Å². The normalized spacial score (nSPS) is 20.0. The average Bonchev–Trinajstić information content (AvgIpc) is 2.48. The van der Waals surface area contributed by atoms with Crippen molar-refractivity contribution in [3.63, 3.8) is 0 Å². The fourth-order valence-electron chi connectivity index (χ4n) is 2.79. The van der Waals surface area contributed by atoms with Gasteiger partial charge < -0.3 is 10.2 Å². The molecule has 1 aliphatic heterocycles. The summed E-state index contributed by atoms with van der Waals surface area (Å²) < 4.78 is 25.4. The highest BCUT2D eigenvalue weighted by Gasteiger charge is 2.21. The van der Waals surface area contributed by atoms with E-state index in [1.54, 1.807) is 26.2 Å². The van der Waals surface area contributed by atoms with Crippen molar-refractivity contribution in [3.05, 3.63) is 24.3 Å². The van der Waals surface area contributed by atoms with Crippen LogP contribution in [0.1, 0.15) is 12.8 Å². The molecule has 0 spiro atoms. The van der Waals surface area contributed by atoms with Crippen molar-refractivity contribution >= 4 is 15.7 Å². The Balaban J connectivity index is 2.12. The van der Waals surface area contributed by atoms with E-state index < -0.39 is 10.0 Å². The summed E-state index contributed by atoms with van der Waals surface area (Å²) in [6.07, 6.45) is 2.44. The van der Waals surface area contributed by atoms with Gasteiger partial charge in [-0.1, -0.05) is 0 Å². The lowest BCUT2D eigenvalue weighted by atomic mass is 9.97. The summed E-state index contributed by atoms with van der Waals surface area (Å²) in [5, 5.41) is 3.24. The first kappa shape index (κ1) is 16.3. The van der Waals surface area contributed by atoms with Gasteiger partial charge in [-0.3, -0.25) is 0 Å². The van der Waals surface area contributed by atoms with Gasteiger partial charge in [-0.25, -0.2) is 12.7 Å². The fraction of sp³-hybridized carbons (Fsp3) is 0.600. The summed E-state index contributed by atoms with van der Waals surface area (Å²) in [7, 11) is 1.75. The number of anilines is 1. The maximum atomic E-state index is 12.1. The highest BCUT2D eigenvalue weighted by molar-refractivity contribution is 7.89. The van der Waals surface area contributed by atoms with Gasteiger partial charge in [0.05, 0.1) is 4.90 Å². The van der Waals surface area contributed by atoms with Crippen LogP contribution in [0.4, 0.5) is 5.69 Å². The molecule has 1 aromatic rings. The van der Waals surface area contributed by atoms with Crippen LogP contribution in [-0.2, 0) is 10.0 Å². The zero-order valence-electron chi connectivity index (χ0n) is 13.0. The molecule has 1 aliphatic rings. The standard InChI is InChI=1S/C15H25N3O2S/c1-16-11-13-5-4-10-18(12-13)14-6-8-15(9-7-14)21(19,20)17(2)3/h6-9,13,16H,4-5,10-12H2,1-3H3. The molecule has 0 aliphatic carbocycles. The number of hydrogen-bond donors (Lipinski definition) is 1. The summed E-state index contributed by atoms with van der Waals surface area (Å²) in [5.41, 5.74) is 1.11. The first-order valence-corrected chi connectivity index (χ1v) is 8.81. The molecule has 0 aromatic heterocycles. The number of benzene rings is 1. The van der Waals surface area contributed by atoms with Crippen molar-refractivity contribution < 1.29 is 8.42 Å². The van der Waals surface area contributed by atoms with Gasteiger partial charge in [0.25, 0.3) is 0 Å². The highest BCUT2D eigenvalue weighted by atomic mass is 32.2. The maximum absolute atomic E-state index is 12.1. The third-order valence-corrected chi connectivity index (χ3v) is 5.82. The Morgan fingerprint density at radius 2 is 1.95 bits per heavy atom. The first-order chi connectivity index (χ1) is 9.95. The molecule has 1 fully saturated rings. The highest BCUT2D eigenvalue weighted by Crippen LogP contribution is 2.24. The van der Waals surface area contributed by atoms with Crippen LogP contribution in [0.5, 0.6) is 0 Å². The van der Waals surface area contributed by atoms with Gasteiger partial charge in [-0.15, -0.1) is 0 Å². The molecule has 1 N–H and O–H groups in total. The Bertz CT molecular complexity index is 553. The van der Waals surface area contributed by atoms with Crippen LogP contribution in [0.25, 0.3) is 0 Å². The van der Waals surface area contributed by atoms with Crippen molar-refractivity contribution in [1.29, 1.82) is 0 Å². The first-order valence-electron chi connectivity index (χ1n) is 7.37. The van der Waals surface area contributed by atoms with E-state index in [0.29, 0.717) is 10.8 Å². The maximum Gasteiger partial charge on any atom is 0.242 e. The summed E-state index contributed by atoms with van der Waals surface area (Å²) in [6.45, 7) is 3.10. The SMILES string of the molecule is CNCC1CCCN(c2ccc(S(=O)(=O)N(C)C)cc2)C1. The molecule has 1 aromatic carbocycles. The average molecular weight is 311 g/mol. The smallest absolute Gasteiger partial charge is 0.242 e. The van der Waals surface area contributed by atoms with Crippen LogP contribution in [0.3, 0.4) is 0 Å². The lowest BCUT2D eigenvalue weighted by Gasteiger charge is -2.34. The van der Waals surface area contributed by atoms with E-state index in [-0.39, 0.29) is 0 Å². The van der Waals surface area contributed by atoms with Crippen molar-refractivity contribution in [2.24, 2.45) is 5.92 Å². The molecule has 0 radical (unpaired) electrons. The van der Waals surface area contributed by atoms with Crippen LogP contribution in [0.2, 0.25) is 0 Å². The van der Waals surface area contributed by atoms with Gasteiger partial charge in [-0.2, -0.15) is 0 Å². The van der Waals surface area contributed by atoms with E-state index in [0.717, 1.165) is 25.3 Å². The quantitative estimate of drug-likeness (QED) is 0.892. The van der Waals surface area contributed by atoms with Crippen molar-refractivity contribution in [2.75, 3.05) is 45.7 Å². The number of rotatable bonds is 5. The number of piperidine rings is 1. The van der Waals surface area contributed by atoms with Crippen LogP contribution in [0.15, 0.2) is 29.2 Å². The van der Waals surface area contributed by atoms with E-state index in [1.165, 1.54) is 17.1 Å². The molecular weight excluding hydrogens is 286 g/mol. The topological polar surface area (TPSA) is 52.7 Å². The van der Waals surface area contributed by atoms with E-state index in [1.807, 2.05) is 19.2 Å². The summed E-state index contributed by atoms with van der Waals surface area (Å²) in [6, 6.07) is 7.23. The Hall–Kier alpha value is -1.11. The Morgan fingerprint density at radius 3 is 2.52 bits per heavy atom. The van der Waals surface area contributed by atoms with Crippen LogP contribution in [0, 0.1) is 5.92 Å². The van der Waals surface area contributed by atoms with Gasteiger partial charge >= 0.3 is 0 Å². The molecule has 1 unspecified atom stereocenters. The van der Waals surface area contributed by atoms with Crippen molar-refractivity contribution in [1.82, 2.24) is 9.62 Å². The molecule has 1 atom stereocenters. The third kappa shape index (κ3) is 3.75. The molecule has 118 valence electrons. The molecule has 1 heterocycles. The monoisotopic (exact) mass is 311 g/mol. The Labute approximate surface area is 128 Å². The molecule has 6 heteroatoms. The van der Waals surface area contributed by atoms with Crippen LogP contribution >= 0.6 is 0 Å². The number of nitrogens with one attached hydrogen (secondary N) is 1. The minimum absolute atomic E-state index is 0.347. The minimum Gasteiger partial charge on any atom is -0.371 e. The minimum atomic E-state index is -3.34. The predicted octanol–water partition coefficient (Wildman–Crippen LogP) is 1.37. The molecule has 1 saturated heterocycles. The fourth-order valence-corrected chi connectivity index (χ4v) is 3.70. The van der Waals surface area contributed by atoms with Crippen LogP contribution in [-0.4, -0.2) is 53.5 Å². The van der Waals surface area contributed by atoms with Crippen molar-refractivity contribution in [3.8, 4) is 0 Å². The van der Waals surface area contributed by atoms with Crippen molar-refractivity contribution in [2.45, 2.75) is 17.7 Å². The largest absolute Gasteiger partial charge is 0.371 e. The van der Waals surface area contributed by atoms with Gasteiger partial charge in [0, 0.05) is 32.9 Å². The zero-order chi connectivity index (χ0) is 15.5. The summed E-state index contributed by atoms with van der Waals surface area (Å²) in [5.74, 6) is 0.661. The number of sulfonamides is 1. The molecule has 2 rings (SSSR count). The van der Waals surface area contributed by atoms with E-state index >= 15 is 0 Å². The zero-order valence-corrected chi connectivity index (χ0v) is 13.9. The van der Waals surface area contributed by atoms with Gasteiger partial charge in [0.1, 0.15) is 0 Å². The Kier molecular flexibility index (Phi) is 5.24. The van der Waals surface area contributed by atoms with Gasteiger partial charge in [-0.05, 0) is 56.6 Å². The second-order valence-corrected chi connectivity index (χ2v) is 7.95. The molecule has 0 saturated carbocycles. The van der Waals surface area contributed by atoms with Crippen LogP contribution < -0.4 is 10.2 Å². The van der Waals surface area contributed by atoms with Gasteiger partial charge in [0.2, 0.25) is 10.0 Å². The lowest BCUT2D eigenvalue weighted by molar-refractivity contribution is 0.403. The second-order valence-electron chi connectivity index (χ2n) is 5.79. The summed E-state index contributed by atoms with van der Waals surface area (Å²) >= 11 is 0. The lowest BCUT2D eigenvalue weighted by Crippen LogP contribution is -2.39.